The van der Waals surface area contributed by atoms with Gasteiger partial charge in [0.15, 0.2) is 0 Å². The van der Waals surface area contributed by atoms with Gasteiger partial charge in [0, 0.05) is 33.9 Å². The molecule has 0 radical (unpaired) electrons. The largest absolute Gasteiger partial charge is 0.341 e. The van der Waals surface area contributed by atoms with Crippen LogP contribution in [0.3, 0.4) is 0 Å². The Morgan fingerprint density at radius 1 is 0.800 bits per heavy atom. The maximum Gasteiger partial charge on any atom is 0.265 e. The number of para-hydroxylation sites is 1. The fraction of sp³-hybridized carbons (Fsp3) is 0.133. The number of hydrogen-bond acceptors (Lipinski definition) is 2. The average molecular weight is 479 g/mol. The van der Waals surface area contributed by atoms with Gasteiger partial charge in [0.05, 0.1) is 17.1 Å². The lowest BCUT2D eigenvalue weighted by atomic mass is 10.1. The summed E-state index contributed by atoms with van der Waals surface area (Å²) in [7, 11) is -3.82. The van der Waals surface area contributed by atoms with Crippen molar-refractivity contribution in [3.8, 4) is 11.8 Å². The number of rotatable bonds is 5. The third-order valence-corrected chi connectivity index (χ3v) is 7.99. The minimum Gasteiger partial charge on any atom is -0.341 e. The molecule has 5 rings (SSSR count). The number of hydrogen-bond donors (Lipinski definition) is 0. The van der Waals surface area contributed by atoms with Crippen LogP contribution in [0, 0.1) is 18.8 Å². The molecule has 0 amide bonds. The molecule has 5 heteroatoms. The van der Waals surface area contributed by atoms with Crippen molar-refractivity contribution >= 4 is 37.5 Å². The van der Waals surface area contributed by atoms with Gasteiger partial charge < -0.3 is 4.57 Å². The van der Waals surface area contributed by atoms with Gasteiger partial charge in [-0.15, -0.1) is 0 Å². The number of nitrogens with zero attached hydrogens (tertiary/aromatic N) is 2. The van der Waals surface area contributed by atoms with Gasteiger partial charge in [-0.2, -0.15) is 0 Å². The molecule has 0 aliphatic heterocycles. The van der Waals surface area contributed by atoms with Crippen LogP contribution in [0.15, 0.2) is 102 Å². The van der Waals surface area contributed by atoms with Gasteiger partial charge in [-0.1, -0.05) is 65.9 Å². The summed E-state index contributed by atoms with van der Waals surface area (Å²) in [6, 6.07) is 30.6. The van der Waals surface area contributed by atoms with Crippen molar-refractivity contribution in [2.75, 3.05) is 10.8 Å². The van der Waals surface area contributed by atoms with Crippen LogP contribution in [0.4, 0.5) is 5.69 Å². The average Bonchev–Trinajstić information content (AvgIpc) is 3.20. The van der Waals surface area contributed by atoms with Crippen molar-refractivity contribution in [3.63, 3.8) is 0 Å². The molecule has 0 bridgehead atoms. The van der Waals surface area contributed by atoms with Crippen LogP contribution in [0.1, 0.15) is 18.1 Å². The highest BCUT2D eigenvalue weighted by atomic mass is 32.2. The molecule has 35 heavy (non-hydrogen) atoms. The van der Waals surface area contributed by atoms with E-state index < -0.39 is 10.0 Å². The molecule has 1 aromatic heterocycles. The first kappa shape index (κ1) is 22.8. The SMILES string of the molecule is CCn1c2ccccc2c2cc(N(CC#Cc3ccccc3)S(=O)(=O)c3ccc(C)cc3)ccc21. The van der Waals surface area contributed by atoms with Crippen molar-refractivity contribution < 1.29 is 8.42 Å². The van der Waals surface area contributed by atoms with Crippen LogP contribution < -0.4 is 4.31 Å². The maximum absolute atomic E-state index is 13.8. The predicted octanol–water partition coefficient (Wildman–Crippen LogP) is 6.37. The first-order valence-electron chi connectivity index (χ1n) is 11.6. The van der Waals surface area contributed by atoms with Crippen LogP contribution in [-0.4, -0.2) is 19.5 Å². The highest BCUT2D eigenvalue weighted by Crippen LogP contribution is 2.33. The predicted molar refractivity (Wildman–Crippen MR) is 144 cm³/mol. The van der Waals surface area contributed by atoms with Gasteiger partial charge in [0.1, 0.15) is 0 Å². The van der Waals surface area contributed by atoms with E-state index in [1.165, 1.54) is 4.31 Å². The summed E-state index contributed by atoms with van der Waals surface area (Å²) < 4.78 is 31.3. The van der Waals surface area contributed by atoms with Gasteiger partial charge in [-0.25, -0.2) is 8.42 Å². The minimum absolute atomic E-state index is 0.0447. The molecule has 0 fully saturated rings. The lowest BCUT2D eigenvalue weighted by Gasteiger charge is -2.23. The lowest BCUT2D eigenvalue weighted by Crippen LogP contribution is -2.31. The van der Waals surface area contributed by atoms with Crippen LogP contribution >= 0.6 is 0 Å². The van der Waals surface area contributed by atoms with Crippen molar-refractivity contribution in [1.29, 1.82) is 0 Å². The molecule has 0 atom stereocenters. The summed E-state index contributed by atoms with van der Waals surface area (Å²) in [6.07, 6.45) is 0. The zero-order valence-corrected chi connectivity index (χ0v) is 20.6. The molecule has 5 aromatic rings. The highest BCUT2D eigenvalue weighted by Gasteiger charge is 2.25. The summed E-state index contributed by atoms with van der Waals surface area (Å²) in [6.45, 7) is 4.93. The zero-order valence-electron chi connectivity index (χ0n) is 19.8. The topological polar surface area (TPSA) is 42.3 Å². The molecular weight excluding hydrogens is 452 g/mol. The highest BCUT2D eigenvalue weighted by molar-refractivity contribution is 7.92. The number of sulfonamides is 1. The number of aromatic nitrogens is 1. The number of benzene rings is 4. The second kappa shape index (κ2) is 9.32. The third-order valence-electron chi connectivity index (χ3n) is 6.20. The quantitative estimate of drug-likeness (QED) is 0.276. The number of anilines is 1. The van der Waals surface area contributed by atoms with E-state index in [0.717, 1.165) is 39.5 Å². The fourth-order valence-electron chi connectivity index (χ4n) is 4.42. The molecule has 4 aromatic carbocycles. The van der Waals surface area contributed by atoms with Crippen LogP contribution in [0.5, 0.6) is 0 Å². The lowest BCUT2D eigenvalue weighted by molar-refractivity contribution is 0.593. The Morgan fingerprint density at radius 2 is 1.49 bits per heavy atom. The molecule has 0 saturated carbocycles. The summed E-state index contributed by atoms with van der Waals surface area (Å²) in [5.74, 6) is 6.18. The Kier molecular flexibility index (Phi) is 6.07. The Morgan fingerprint density at radius 3 is 2.23 bits per heavy atom. The van der Waals surface area contributed by atoms with Crippen molar-refractivity contribution in [2.45, 2.75) is 25.3 Å². The fourth-order valence-corrected chi connectivity index (χ4v) is 5.78. The Bertz CT molecular complexity index is 1670. The molecule has 174 valence electrons. The summed E-state index contributed by atoms with van der Waals surface area (Å²) in [4.78, 5) is 0.251. The second-order valence-electron chi connectivity index (χ2n) is 8.46. The molecule has 0 unspecified atom stereocenters. The maximum atomic E-state index is 13.8. The van der Waals surface area contributed by atoms with Crippen LogP contribution in [0.25, 0.3) is 21.8 Å². The van der Waals surface area contributed by atoms with Crippen molar-refractivity contribution in [1.82, 2.24) is 4.57 Å². The van der Waals surface area contributed by atoms with E-state index in [0.29, 0.717) is 5.69 Å². The van der Waals surface area contributed by atoms with Gasteiger partial charge in [0.2, 0.25) is 0 Å². The molecule has 0 aliphatic rings. The van der Waals surface area contributed by atoms with Crippen LogP contribution in [-0.2, 0) is 16.6 Å². The summed E-state index contributed by atoms with van der Waals surface area (Å²) >= 11 is 0. The minimum atomic E-state index is -3.82. The molecule has 1 heterocycles. The summed E-state index contributed by atoms with van der Waals surface area (Å²) in [5, 5.41) is 2.13. The monoisotopic (exact) mass is 478 g/mol. The third kappa shape index (κ3) is 4.29. The van der Waals surface area contributed by atoms with E-state index in [1.807, 2.05) is 79.7 Å². The first-order valence-corrected chi connectivity index (χ1v) is 13.1. The molecular formula is C30H26N2O2S. The standard InChI is InChI=1S/C30H26N2O2S/c1-3-31-29-14-8-7-13-27(29)28-22-25(17-20-30(28)31)32(21-9-12-24-10-5-4-6-11-24)35(33,34)26-18-15-23(2)16-19-26/h4-8,10-11,13-20,22H,3,21H2,1-2H3. The second-order valence-corrected chi connectivity index (χ2v) is 10.3. The van der Waals surface area contributed by atoms with E-state index >= 15 is 0 Å². The Labute approximate surface area is 206 Å². The van der Waals surface area contributed by atoms with E-state index in [4.69, 9.17) is 0 Å². The number of aryl methyl sites for hydroxylation is 2. The van der Waals surface area contributed by atoms with Gasteiger partial charge in [0.25, 0.3) is 10.0 Å². The van der Waals surface area contributed by atoms with Gasteiger partial charge in [-0.05, 0) is 62.4 Å². The molecule has 0 spiro atoms. The normalized spacial score (nSPS) is 11.4. The van der Waals surface area contributed by atoms with Crippen molar-refractivity contribution in [2.24, 2.45) is 0 Å². The van der Waals surface area contributed by atoms with Crippen molar-refractivity contribution in [3.05, 3.63) is 108 Å². The van der Waals surface area contributed by atoms with E-state index in [2.05, 4.69) is 35.5 Å². The number of fused-ring (bicyclic) bond motifs is 3. The first-order chi connectivity index (χ1) is 17.0. The van der Waals surface area contributed by atoms with E-state index in [9.17, 15) is 8.42 Å². The zero-order chi connectivity index (χ0) is 24.4. The summed E-state index contributed by atoms with van der Waals surface area (Å²) in [5.41, 5.74) is 4.67. The molecule has 0 aliphatic carbocycles. The van der Waals surface area contributed by atoms with E-state index in [1.54, 1.807) is 12.1 Å². The van der Waals surface area contributed by atoms with Crippen LogP contribution in [0.2, 0.25) is 0 Å². The molecule has 4 nitrogen and oxygen atoms in total. The van der Waals surface area contributed by atoms with Gasteiger partial charge in [-0.3, -0.25) is 4.31 Å². The van der Waals surface area contributed by atoms with E-state index in [-0.39, 0.29) is 11.4 Å². The Balaban J connectivity index is 1.65. The molecule has 0 saturated heterocycles. The van der Waals surface area contributed by atoms with Gasteiger partial charge >= 0.3 is 0 Å². The molecule has 0 N–H and O–H groups in total. The Hall–Kier alpha value is -4.01. The smallest absolute Gasteiger partial charge is 0.265 e.